The van der Waals surface area contributed by atoms with Crippen LogP contribution in [0.2, 0.25) is 0 Å². The van der Waals surface area contributed by atoms with Crippen molar-refractivity contribution in [2.75, 3.05) is 32.5 Å². The highest BCUT2D eigenvalue weighted by molar-refractivity contribution is 5.25. The number of aromatic nitrogens is 3. The molecule has 1 N–H and O–H groups in total. The molecule has 0 amide bonds. The SMILES string of the molecule is CN(C)CCNc1nc(C(F)(F)F)nc(C(F)(F)F)n1. The maximum Gasteiger partial charge on any atom is 0.451 e. The zero-order chi connectivity index (χ0) is 15.6. The molecule has 0 atom stereocenters. The van der Waals surface area contributed by atoms with Crippen molar-refractivity contribution < 1.29 is 26.3 Å². The molecule has 0 aliphatic rings. The summed E-state index contributed by atoms with van der Waals surface area (Å²) in [5.74, 6) is -4.53. The van der Waals surface area contributed by atoms with Crippen LogP contribution in [0, 0.1) is 0 Å². The van der Waals surface area contributed by atoms with Crippen molar-refractivity contribution in [1.29, 1.82) is 0 Å². The monoisotopic (exact) mass is 303 g/mol. The molecule has 20 heavy (non-hydrogen) atoms. The van der Waals surface area contributed by atoms with Crippen LogP contribution in [0.25, 0.3) is 0 Å². The van der Waals surface area contributed by atoms with Crippen LogP contribution < -0.4 is 5.32 Å². The first kappa shape index (κ1) is 16.4. The molecule has 0 saturated carbocycles. The molecule has 1 heterocycles. The Hall–Kier alpha value is -1.65. The molecule has 0 bridgehead atoms. The van der Waals surface area contributed by atoms with Gasteiger partial charge in [-0.3, -0.25) is 0 Å². The van der Waals surface area contributed by atoms with Gasteiger partial charge in [0, 0.05) is 13.1 Å². The van der Waals surface area contributed by atoms with Crippen molar-refractivity contribution in [2.24, 2.45) is 0 Å². The Balaban J connectivity index is 3.05. The maximum absolute atomic E-state index is 12.4. The maximum atomic E-state index is 12.4. The number of rotatable bonds is 4. The lowest BCUT2D eigenvalue weighted by molar-refractivity contribution is -0.155. The fourth-order valence-corrected chi connectivity index (χ4v) is 1.10. The molecule has 0 spiro atoms. The van der Waals surface area contributed by atoms with Crippen molar-refractivity contribution in [3.63, 3.8) is 0 Å². The van der Waals surface area contributed by atoms with E-state index in [0.29, 0.717) is 6.54 Å². The van der Waals surface area contributed by atoms with Gasteiger partial charge >= 0.3 is 12.4 Å². The summed E-state index contributed by atoms with van der Waals surface area (Å²) in [6.45, 7) is 0.472. The zero-order valence-electron chi connectivity index (χ0n) is 10.5. The van der Waals surface area contributed by atoms with Gasteiger partial charge in [0.2, 0.25) is 17.6 Å². The van der Waals surface area contributed by atoms with Crippen LogP contribution in [0.1, 0.15) is 11.6 Å². The van der Waals surface area contributed by atoms with Gasteiger partial charge in [-0.1, -0.05) is 0 Å². The quantitative estimate of drug-likeness (QED) is 0.861. The van der Waals surface area contributed by atoms with E-state index in [-0.39, 0.29) is 6.54 Å². The number of alkyl halides is 6. The molecule has 0 aliphatic carbocycles. The Labute approximate surface area is 110 Å². The number of likely N-dealkylation sites (N-methyl/N-ethyl adjacent to an activating group) is 1. The van der Waals surface area contributed by atoms with E-state index in [1.165, 1.54) is 0 Å². The van der Waals surface area contributed by atoms with Gasteiger partial charge in [0.05, 0.1) is 0 Å². The highest BCUT2D eigenvalue weighted by atomic mass is 19.4. The topological polar surface area (TPSA) is 53.9 Å². The third-order valence-electron chi connectivity index (χ3n) is 1.98. The van der Waals surface area contributed by atoms with Crippen LogP contribution in [-0.4, -0.2) is 47.0 Å². The number of hydrogen-bond acceptors (Lipinski definition) is 5. The van der Waals surface area contributed by atoms with E-state index in [2.05, 4.69) is 20.3 Å². The smallest absolute Gasteiger partial charge is 0.353 e. The molecule has 0 aromatic carbocycles. The second-order valence-corrected chi connectivity index (χ2v) is 4.03. The molecule has 1 rings (SSSR count). The second-order valence-electron chi connectivity index (χ2n) is 4.03. The van der Waals surface area contributed by atoms with Crippen molar-refractivity contribution in [1.82, 2.24) is 19.9 Å². The number of nitrogens with zero attached hydrogens (tertiary/aromatic N) is 4. The van der Waals surface area contributed by atoms with Crippen LogP contribution in [0.15, 0.2) is 0 Å². The molecule has 0 unspecified atom stereocenters. The van der Waals surface area contributed by atoms with Gasteiger partial charge in [-0.15, -0.1) is 0 Å². The third kappa shape index (κ3) is 4.79. The van der Waals surface area contributed by atoms with E-state index >= 15 is 0 Å². The van der Waals surface area contributed by atoms with Crippen LogP contribution in [0.3, 0.4) is 0 Å². The van der Waals surface area contributed by atoms with Crippen molar-refractivity contribution in [3.8, 4) is 0 Å². The fraction of sp³-hybridized carbons (Fsp3) is 0.667. The highest BCUT2D eigenvalue weighted by Crippen LogP contribution is 2.31. The van der Waals surface area contributed by atoms with E-state index in [0.717, 1.165) is 0 Å². The van der Waals surface area contributed by atoms with E-state index in [1.54, 1.807) is 19.0 Å². The fourth-order valence-electron chi connectivity index (χ4n) is 1.10. The van der Waals surface area contributed by atoms with Gasteiger partial charge < -0.3 is 10.2 Å². The standard InChI is InChI=1S/C9H11F6N5/c1-20(2)4-3-16-7-18-5(8(10,11)12)17-6(19-7)9(13,14)15/h3-4H2,1-2H3,(H,16,17,18,19). The average molecular weight is 303 g/mol. The predicted molar refractivity (Wildman–Crippen MR) is 56.9 cm³/mol. The minimum atomic E-state index is -5.08. The lowest BCUT2D eigenvalue weighted by Gasteiger charge is -2.13. The average Bonchev–Trinajstić information content (AvgIpc) is 2.25. The summed E-state index contributed by atoms with van der Waals surface area (Å²) in [6, 6.07) is 0. The minimum absolute atomic E-state index is 0.0889. The molecule has 1 aromatic heterocycles. The van der Waals surface area contributed by atoms with E-state index < -0.39 is 29.9 Å². The van der Waals surface area contributed by atoms with Crippen LogP contribution in [-0.2, 0) is 12.4 Å². The highest BCUT2D eigenvalue weighted by Gasteiger charge is 2.41. The Bertz CT molecular complexity index is 423. The van der Waals surface area contributed by atoms with Crippen molar-refractivity contribution >= 4 is 5.95 Å². The molecule has 1 aromatic rings. The summed E-state index contributed by atoms with van der Waals surface area (Å²) in [5.41, 5.74) is 0. The second kappa shape index (κ2) is 5.77. The van der Waals surface area contributed by atoms with Crippen molar-refractivity contribution in [3.05, 3.63) is 11.6 Å². The Kier molecular flexibility index (Phi) is 4.73. The number of halogens is 6. The van der Waals surface area contributed by atoms with Crippen LogP contribution in [0.5, 0.6) is 0 Å². The van der Waals surface area contributed by atoms with Crippen LogP contribution >= 0.6 is 0 Å². The summed E-state index contributed by atoms with van der Waals surface area (Å²) in [6.07, 6.45) is -10.2. The first-order chi connectivity index (χ1) is 9.00. The molecule has 0 radical (unpaired) electrons. The first-order valence-electron chi connectivity index (χ1n) is 5.29. The summed E-state index contributed by atoms with van der Waals surface area (Å²) >= 11 is 0. The van der Waals surface area contributed by atoms with Gasteiger partial charge in [-0.2, -0.15) is 36.3 Å². The zero-order valence-corrected chi connectivity index (χ0v) is 10.5. The molecule has 0 saturated heterocycles. The normalized spacial score (nSPS) is 12.8. The minimum Gasteiger partial charge on any atom is -0.353 e. The summed E-state index contributed by atoms with van der Waals surface area (Å²) in [5, 5.41) is 2.30. The molecular weight excluding hydrogens is 292 g/mol. The Morgan fingerprint density at radius 1 is 0.900 bits per heavy atom. The van der Waals surface area contributed by atoms with Gasteiger partial charge in [0.1, 0.15) is 0 Å². The van der Waals surface area contributed by atoms with Gasteiger partial charge in [0.25, 0.3) is 0 Å². The third-order valence-corrected chi connectivity index (χ3v) is 1.98. The molecule has 0 fully saturated rings. The Morgan fingerprint density at radius 2 is 1.35 bits per heavy atom. The first-order valence-corrected chi connectivity index (χ1v) is 5.29. The van der Waals surface area contributed by atoms with Gasteiger partial charge in [0.15, 0.2) is 0 Å². The molecule has 5 nitrogen and oxygen atoms in total. The molecule has 114 valence electrons. The van der Waals surface area contributed by atoms with Gasteiger partial charge in [-0.25, -0.2) is 4.98 Å². The Morgan fingerprint density at radius 3 is 1.70 bits per heavy atom. The number of nitrogens with one attached hydrogen (secondary N) is 1. The lowest BCUT2D eigenvalue weighted by atomic mass is 10.5. The van der Waals surface area contributed by atoms with Crippen molar-refractivity contribution in [2.45, 2.75) is 12.4 Å². The number of hydrogen-bond donors (Lipinski definition) is 1. The summed E-state index contributed by atoms with van der Waals surface area (Å²) in [4.78, 5) is 9.96. The molecule has 0 aliphatic heterocycles. The van der Waals surface area contributed by atoms with E-state index in [9.17, 15) is 26.3 Å². The number of anilines is 1. The van der Waals surface area contributed by atoms with Gasteiger partial charge in [-0.05, 0) is 14.1 Å². The van der Waals surface area contributed by atoms with E-state index in [1.807, 2.05) is 0 Å². The van der Waals surface area contributed by atoms with E-state index in [4.69, 9.17) is 0 Å². The summed E-state index contributed by atoms with van der Waals surface area (Å²) < 4.78 is 74.6. The van der Waals surface area contributed by atoms with Crippen LogP contribution in [0.4, 0.5) is 32.3 Å². The molecular formula is C9H11F6N5. The lowest BCUT2D eigenvalue weighted by Crippen LogP contribution is -2.24. The summed E-state index contributed by atoms with van der Waals surface area (Å²) in [7, 11) is 3.38. The molecule has 11 heteroatoms. The predicted octanol–water partition coefficient (Wildman–Crippen LogP) is 1.88. The largest absolute Gasteiger partial charge is 0.451 e.